The molecule has 0 radical (unpaired) electrons. The maximum absolute atomic E-state index is 10.2. The topological polar surface area (TPSA) is 50.1 Å². The minimum atomic E-state index is -0.783. The van der Waals surface area contributed by atoms with Crippen molar-refractivity contribution in [2.45, 2.75) is 38.8 Å². The Labute approximate surface area is 91.3 Å². The number of aliphatic hydroxyl groups is 1. The summed E-state index contributed by atoms with van der Waals surface area (Å²) in [7, 11) is 1.89. The van der Waals surface area contributed by atoms with Crippen LogP contribution in [0.3, 0.4) is 0 Å². The van der Waals surface area contributed by atoms with Crippen molar-refractivity contribution in [2.24, 2.45) is 0 Å². The summed E-state index contributed by atoms with van der Waals surface area (Å²) in [5, 5.41) is 17.5. The van der Waals surface area contributed by atoms with Crippen molar-refractivity contribution in [3.8, 4) is 0 Å². The highest BCUT2D eigenvalue weighted by atomic mass is 16.3. The lowest BCUT2D eigenvalue weighted by molar-refractivity contribution is 0.0484. The number of hydrogen-bond acceptors (Lipinski definition) is 3. The molecule has 1 heterocycles. The average molecular weight is 211 g/mol. The van der Waals surface area contributed by atoms with Gasteiger partial charge >= 0.3 is 0 Å². The summed E-state index contributed by atoms with van der Waals surface area (Å²) >= 11 is 0. The molecule has 0 aliphatic rings. The van der Waals surface area contributed by atoms with Crippen LogP contribution in [0, 0.1) is 0 Å². The van der Waals surface area contributed by atoms with Crippen molar-refractivity contribution in [2.75, 3.05) is 13.6 Å². The molecule has 1 aromatic rings. The first-order chi connectivity index (χ1) is 7.10. The number of rotatable bonds is 6. The highest BCUT2D eigenvalue weighted by Gasteiger charge is 2.23. The van der Waals surface area contributed by atoms with Gasteiger partial charge in [-0.2, -0.15) is 5.10 Å². The maximum Gasteiger partial charge on any atom is 0.0910 e. The largest absolute Gasteiger partial charge is 0.385 e. The number of aryl methyl sites for hydroxylation is 1. The summed E-state index contributed by atoms with van der Waals surface area (Å²) in [6.45, 7) is 5.65. The van der Waals surface area contributed by atoms with Crippen molar-refractivity contribution >= 4 is 0 Å². The van der Waals surface area contributed by atoms with E-state index in [4.69, 9.17) is 0 Å². The van der Waals surface area contributed by atoms with Crippen LogP contribution in [0.15, 0.2) is 12.4 Å². The lowest BCUT2D eigenvalue weighted by atomic mass is 9.96. The van der Waals surface area contributed by atoms with E-state index in [1.54, 1.807) is 6.20 Å². The fourth-order valence-corrected chi connectivity index (χ4v) is 1.51. The molecule has 2 N–H and O–H groups in total. The van der Waals surface area contributed by atoms with Gasteiger partial charge in [-0.3, -0.25) is 4.68 Å². The van der Waals surface area contributed by atoms with E-state index in [2.05, 4.69) is 17.3 Å². The molecule has 0 amide bonds. The van der Waals surface area contributed by atoms with Gasteiger partial charge in [0.1, 0.15) is 0 Å². The Morgan fingerprint density at radius 2 is 2.33 bits per heavy atom. The van der Waals surface area contributed by atoms with Crippen LogP contribution in [0.5, 0.6) is 0 Å². The van der Waals surface area contributed by atoms with Gasteiger partial charge in [-0.15, -0.1) is 0 Å². The molecule has 0 bridgehead atoms. The third kappa shape index (κ3) is 3.32. The number of nitrogens with zero attached hydrogens (tertiary/aromatic N) is 2. The Hall–Kier alpha value is -0.870. The van der Waals surface area contributed by atoms with Crippen molar-refractivity contribution in [3.63, 3.8) is 0 Å². The molecular formula is C11H21N3O. The zero-order chi connectivity index (χ0) is 11.3. The fraction of sp³-hybridized carbons (Fsp3) is 0.727. The zero-order valence-corrected chi connectivity index (χ0v) is 9.82. The summed E-state index contributed by atoms with van der Waals surface area (Å²) in [6, 6.07) is 0. The molecule has 15 heavy (non-hydrogen) atoms. The third-order valence-corrected chi connectivity index (χ3v) is 2.57. The van der Waals surface area contributed by atoms with Crippen molar-refractivity contribution in [3.05, 3.63) is 18.0 Å². The minimum absolute atomic E-state index is 0.696. The highest BCUT2D eigenvalue weighted by molar-refractivity contribution is 5.13. The van der Waals surface area contributed by atoms with E-state index in [-0.39, 0.29) is 0 Å². The molecule has 0 aliphatic carbocycles. The average Bonchev–Trinajstić information content (AvgIpc) is 2.65. The minimum Gasteiger partial charge on any atom is -0.385 e. The van der Waals surface area contributed by atoms with Gasteiger partial charge in [0, 0.05) is 18.3 Å². The fourth-order valence-electron chi connectivity index (χ4n) is 1.51. The van der Waals surface area contributed by atoms with E-state index in [1.165, 1.54) is 0 Å². The van der Waals surface area contributed by atoms with Crippen LogP contribution in [0.1, 0.15) is 32.3 Å². The van der Waals surface area contributed by atoms with E-state index in [9.17, 15) is 5.11 Å². The van der Waals surface area contributed by atoms with Crippen LogP contribution >= 0.6 is 0 Å². The summed E-state index contributed by atoms with van der Waals surface area (Å²) in [5.74, 6) is 0. The van der Waals surface area contributed by atoms with Gasteiger partial charge in [-0.1, -0.05) is 6.92 Å². The lowest BCUT2D eigenvalue weighted by Crippen LogP contribution is -2.25. The molecule has 1 aromatic heterocycles. The molecule has 0 aliphatic heterocycles. The van der Waals surface area contributed by atoms with Gasteiger partial charge in [-0.05, 0) is 33.4 Å². The summed E-state index contributed by atoms with van der Waals surface area (Å²) in [4.78, 5) is 0. The van der Waals surface area contributed by atoms with Crippen LogP contribution in [0.25, 0.3) is 0 Å². The first-order valence-electron chi connectivity index (χ1n) is 5.50. The molecule has 4 heteroatoms. The molecule has 0 aromatic carbocycles. The molecule has 4 nitrogen and oxygen atoms in total. The number of nitrogens with one attached hydrogen (secondary N) is 1. The Morgan fingerprint density at radius 1 is 1.60 bits per heavy atom. The summed E-state index contributed by atoms with van der Waals surface area (Å²) in [5.41, 5.74) is 0.112. The van der Waals surface area contributed by atoms with E-state index in [1.807, 2.05) is 24.9 Å². The van der Waals surface area contributed by atoms with Gasteiger partial charge in [0.05, 0.1) is 11.8 Å². The van der Waals surface area contributed by atoms with Crippen LogP contribution in [0.4, 0.5) is 0 Å². The van der Waals surface area contributed by atoms with E-state index in [0.29, 0.717) is 6.42 Å². The Balaban J connectivity index is 2.67. The second kappa shape index (κ2) is 5.28. The first kappa shape index (κ1) is 12.2. The highest BCUT2D eigenvalue weighted by Crippen LogP contribution is 2.23. The second-order valence-electron chi connectivity index (χ2n) is 4.12. The van der Waals surface area contributed by atoms with Crippen LogP contribution in [0.2, 0.25) is 0 Å². The lowest BCUT2D eigenvalue weighted by Gasteiger charge is -2.21. The van der Waals surface area contributed by atoms with Gasteiger partial charge in [0.2, 0.25) is 0 Å². The van der Waals surface area contributed by atoms with Crippen LogP contribution in [-0.4, -0.2) is 28.5 Å². The predicted molar refractivity (Wildman–Crippen MR) is 60.6 cm³/mol. The van der Waals surface area contributed by atoms with Gasteiger partial charge in [0.25, 0.3) is 0 Å². The van der Waals surface area contributed by atoms with E-state index in [0.717, 1.165) is 25.1 Å². The molecule has 0 spiro atoms. The van der Waals surface area contributed by atoms with Crippen LogP contribution < -0.4 is 5.32 Å². The molecule has 0 saturated carbocycles. The second-order valence-corrected chi connectivity index (χ2v) is 4.12. The van der Waals surface area contributed by atoms with Crippen LogP contribution in [-0.2, 0) is 12.1 Å². The quantitative estimate of drug-likeness (QED) is 0.741. The molecule has 1 atom stereocenters. The van der Waals surface area contributed by atoms with Gasteiger partial charge in [-0.25, -0.2) is 0 Å². The van der Waals surface area contributed by atoms with Crippen molar-refractivity contribution in [1.29, 1.82) is 0 Å². The number of hydrogen-bond donors (Lipinski definition) is 2. The van der Waals surface area contributed by atoms with Gasteiger partial charge < -0.3 is 10.4 Å². The Morgan fingerprint density at radius 3 is 2.93 bits per heavy atom. The maximum atomic E-state index is 10.2. The SMILES string of the molecule is CCCn1cc(C(C)(O)CCNC)cn1. The predicted octanol–water partition coefficient (Wildman–Crippen LogP) is 1.11. The van der Waals surface area contributed by atoms with E-state index >= 15 is 0 Å². The third-order valence-electron chi connectivity index (χ3n) is 2.57. The Kier molecular flexibility index (Phi) is 4.29. The molecular weight excluding hydrogens is 190 g/mol. The molecule has 0 saturated heterocycles. The molecule has 1 rings (SSSR count). The van der Waals surface area contributed by atoms with Gasteiger partial charge in [0.15, 0.2) is 0 Å². The van der Waals surface area contributed by atoms with E-state index < -0.39 is 5.60 Å². The normalized spacial score (nSPS) is 15.2. The summed E-state index contributed by atoms with van der Waals surface area (Å²) < 4.78 is 1.88. The number of aromatic nitrogens is 2. The Bertz CT molecular complexity index is 294. The molecule has 0 fully saturated rings. The van der Waals surface area contributed by atoms with Crippen molar-refractivity contribution < 1.29 is 5.11 Å². The molecule has 86 valence electrons. The monoisotopic (exact) mass is 211 g/mol. The summed E-state index contributed by atoms with van der Waals surface area (Å²) in [6.07, 6.45) is 5.44. The standard InChI is InChI=1S/C11H21N3O/c1-4-7-14-9-10(8-13-14)11(2,15)5-6-12-3/h8-9,12,15H,4-7H2,1-3H3. The molecule has 1 unspecified atom stereocenters. The zero-order valence-electron chi connectivity index (χ0n) is 9.82. The first-order valence-corrected chi connectivity index (χ1v) is 5.50. The van der Waals surface area contributed by atoms with Crippen molar-refractivity contribution in [1.82, 2.24) is 15.1 Å². The smallest absolute Gasteiger partial charge is 0.0910 e.